The lowest BCUT2D eigenvalue weighted by molar-refractivity contribution is 0.587. The summed E-state index contributed by atoms with van der Waals surface area (Å²) < 4.78 is 12.8. The molecule has 13 heavy (non-hydrogen) atoms. The van der Waals surface area contributed by atoms with Gasteiger partial charge < -0.3 is 5.43 Å². The maximum Gasteiger partial charge on any atom is 0.217 e. The topological polar surface area (TPSA) is 76.7 Å². The molecule has 2 aromatic rings. The Morgan fingerprint density at radius 2 is 2.08 bits per heavy atom. The van der Waals surface area contributed by atoms with E-state index in [1.807, 2.05) is 0 Å². The minimum absolute atomic E-state index is 0.183. The molecule has 0 fully saturated rings. The molecule has 0 atom stereocenters. The number of hydrogen-bond acceptors (Lipinski definition) is 5. The van der Waals surface area contributed by atoms with Crippen LogP contribution in [0.5, 0.6) is 0 Å². The van der Waals surface area contributed by atoms with Crippen molar-refractivity contribution in [2.24, 2.45) is 5.84 Å². The molecule has 0 radical (unpaired) electrons. The number of nitrogen functional groups attached to an aromatic ring is 1. The second kappa shape index (κ2) is 2.91. The van der Waals surface area contributed by atoms with Gasteiger partial charge in [-0.25, -0.2) is 10.8 Å². The number of pyridine rings is 1. The number of nitrogens with one attached hydrogen (secondary N) is 1. The summed E-state index contributed by atoms with van der Waals surface area (Å²) in [6, 6.07) is 1.20. The van der Waals surface area contributed by atoms with Gasteiger partial charge >= 0.3 is 0 Å². The molecule has 0 saturated carbocycles. The molecule has 0 bridgehead atoms. The lowest BCUT2D eigenvalue weighted by Crippen LogP contribution is -2.10. The quantitative estimate of drug-likeness (QED) is 0.377. The SMILES string of the molecule is NNc1nc(F)cc2nccnc12. The highest BCUT2D eigenvalue weighted by Gasteiger charge is 2.05. The van der Waals surface area contributed by atoms with Gasteiger partial charge in [0.05, 0.1) is 5.52 Å². The van der Waals surface area contributed by atoms with E-state index in [1.54, 1.807) is 0 Å². The molecule has 0 aromatic carbocycles. The van der Waals surface area contributed by atoms with Crippen molar-refractivity contribution in [2.75, 3.05) is 5.43 Å². The standard InChI is InChI=1S/C7H6FN5/c8-5-3-4-6(7(12-5)13-9)11-2-1-10-4/h1-3H,9H2,(H,12,13). The third kappa shape index (κ3) is 1.27. The molecule has 2 aromatic heterocycles. The molecule has 5 nitrogen and oxygen atoms in total. The maximum absolute atomic E-state index is 12.8. The minimum Gasteiger partial charge on any atom is -0.307 e. The summed E-state index contributed by atoms with van der Waals surface area (Å²) in [6.45, 7) is 0. The molecular formula is C7H6FN5. The summed E-state index contributed by atoms with van der Waals surface area (Å²) in [5, 5.41) is 0. The van der Waals surface area contributed by atoms with E-state index in [4.69, 9.17) is 5.84 Å². The Hall–Kier alpha value is -1.82. The van der Waals surface area contributed by atoms with Gasteiger partial charge in [-0.15, -0.1) is 0 Å². The number of fused-ring (bicyclic) bond motifs is 1. The van der Waals surface area contributed by atoms with Crippen LogP contribution in [0.15, 0.2) is 18.5 Å². The third-order valence-electron chi connectivity index (χ3n) is 1.56. The van der Waals surface area contributed by atoms with Gasteiger partial charge in [-0.2, -0.15) is 9.37 Å². The number of halogens is 1. The van der Waals surface area contributed by atoms with Crippen LogP contribution in [0.3, 0.4) is 0 Å². The van der Waals surface area contributed by atoms with Crippen LogP contribution in [0.1, 0.15) is 0 Å². The highest BCUT2D eigenvalue weighted by atomic mass is 19.1. The molecule has 6 heteroatoms. The van der Waals surface area contributed by atoms with E-state index >= 15 is 0 Å². The molecule has 0 spiro atoms. The molecule has 0 aliphatic carbocycles. The Balaban J connectivity index is 2.81. The first kappa shape index (κ1) is 7.81. The zero-order valence-corrected chi connectivity index (χ0v) is 6.53. The summed E-state index contributed by atoms with van der Waals surface area (Å²) in [5.74, 6) is 4.68. The molecule has 0 aliphatic heterocycles. The van der Waals surface area contributed by atoms with E-state index in [-0.39, 0.29) is 5.82 Å². The molecule has 0 saturated heterocycles. The van der Waals surface area contributed by atoms with Gasteiger partial charge in [-0.3, -0.25) is 4.98 Å². The second-order valence-electron chi connectivity index (χ2n) is 2.36. The van der Waals surface area contributed by atoms with Crippen molar-refractivity contribution < 1.29 is 4.39 Å². The Kier molecular flexibility index (Phi) is 1.75. The highest BCUT2D eigenvalue weighted by molar-refractivity contribution is 5.84. The van der Waals surface area contributed by atoms with Crippen LogP contribution in [0.4, 0.5) is 10.2 Å². The maximum atomic E-state index is 12.8. The summed E-state index contributed by atoms with van der Waals surface area (Å²) in [7, 11) is 0. The van der Waals surface area contributed by atoms with Crippen molar-refractivity contribution in [1.82, 2.24) is 15.0 Å². The predicted molar refractivity (Wildman–Crippen MR) is 45.1 cm³/mol. The monoisotopic (exact) mass is 179 g/mol. The number of anilines is 1. The average molecular weight is 179 g/mol. The van der Waals surface area contributed by atoms with E-state index in [0.29, 0.717) is 11.0 Å². The number of aromatic nitrogens is 3. The van der Waals surface area contributed by atoms with Gasteiger partial charge in [0, 0.05) is 18.5 Å². The number of hydrogen-bond donors (Lipinski definition) is 2. The van der Waals surface area contributed by atoms with Gasteiger partial charge in [0.1, 0.15) is 5.52 Å². The third-order valence-corrected chi connectivity index (χ3v) is 1.56. The van der Waals surface area contributed by atoms with Crippen molar-refractivity contribution in [3.05, 3.63) is 24.4 Å². The predicted octanol–water partition coefficient (Wildman–Crippen LogP) is 0.450. The lowest BCUT2D eigenvalue weighted by Gasteiger charge is -2.02. The summed E-state index contributed by atoms with van der Waals surface area (Å²) in [6.07, 6.45) is 2.96. The summed E-state index contributed by atoms with van der Waals surface area (Å²) in [4.78, 5) is 11.4. The molecule has 2 heterocycles. The van der Waals surface area contributed by atoms with Crippen molar-refractivity contribution in [3.8, 4) is 0 Å². The lowest BCUT2D eigenvalue weighted by atomic mass is 10.3. The first-order valence-corrected chi connectivity index (χ1v) is 3.55. The number of nitrogens with zero attached hydrogens (tertiary/aromatic N) is 3. The number of nitrogens with two attached hydrogens (primary N) is 1. The zero-order valence-electron chi connectivity index (χ0n) is 6.53. The van der Waals surface area contributed by atoms with E-state index in [2.05, 4.69) is 20.4 Å². The molecule has 2 rings (SSSR count). The van der Waals surface area contributed by atoms with E-state index in [9.17, 15) is 4.39 Å². The smallest absolute Gasteiger partial charge is 0.217 e. The van der Waals surface area contributed by atoms with E-state index in [0.717, 1.165) is 0 Å². The number of rotatable bonds is 1. The first-order valence-electron chi connectivity index (χ1n) is 3.55. The molecule has 0 aliphatic rings. The Bertz CT molecular complexity index is 444. The Labute approximate surface area is 72.8 Å². The Morgan fingerprint density at radius 3 is 2.85 bits per heavy atom. The molecule has 3 N–H and O–H groups in total. The summed E-state index contributed by atoms with van der Waals surface area (Å²) >= 11 is 0. The van der Waals surface area contributed by atoms with Gasteiger partial charge in [-0.1, -0.05) is 0 Å². The van der Waals surface area contributed by atoms with Crippen LogP contribution in [0.2, 0.25) is 0 Å². The molecule has 0 unspecified atom stereocenters. The first-order chi connectivity index (χ1) is 6.31. The fraction of sp³-hybridized carbons (Fsp3) is 0. The van der Waals surface area contributed by atoms with Crippen LogP contribution in [0.25, 0.3) is 11.0 Å². The van der Waals surface area contributed by atoms with Crippen LogP contribution in [0, 0.1) is 5.95 Å². The van der Waals surface area contributed by atoms with Crippen LogP contribution in [-0.2, 0) is 0 Å². The fourth-order valence-electron chi connectivity index (χ4n) is 1.04. The number of hydrazine groups is 1. The molecule has 66 valence electrons. The van der Waals surface area contributed by atoms with Crippen LogP contribution < -0.4 is 11.3 Å². The van der Waals surface area contributed by atoms with Gasteiger partial charge in [-0.05, 0) is 0 Å². The van der Waals surface area contributed by atoms with Crippen LogP contribution in [-0.4, -0.2) is 15.0 Å². The van der Waals surface area contributed by atoms with Crippen molar-refractivity contribution in [2.45, 2.75) is 0 Å². The van der Waals surface area contributed by atoms with Gasteiger partial charge in [0.25, 0.3) is 0 Å². The minimum atomic E-state index is -0.638. The van der Waals surface area contributed by atoms with Crippen LogP contribution >= 0.6 is 0 Å². The fourth-order valence-corrected chi connectivity index (χ4v) is 1.04. The summed E-state index contributed by atoms with van der Waals surface area (Å²) in [5.41, 5.74) is 3.13. The van der Waals surface area contributed by atoms with Crippen molar-refractivity contribution in [1.29, 1.82) is 0 Å². The largest absolute Gasteiger partial charge is 0.307 e. The van der Waals surface area contributed by atoms with Crippen molar-refractivity contribution >= 4 is 16.9 Å². The molecular weight excluding hydrogens is 173 g/mol. The van der Waals surface area contributed by atoms with E-state index < -0.39 is 5.95 Å². The second-order valence-corrected chi connectivity index (χ2v) is 2.36. The highest BCUT2D eigenvalue weighted by Crippen LogP contribution is 2.16. The normalized spacial score (nSPS) is 10.3. The van der Waals surface area contributed by atoms with E-state index in [1.165, 1.54) is 18.5 Å². The van der Waals surface area contributed by atoms with Crippen molar-refractivity contribution in [3.63, 3.8) is 0 Å². The Morgan fingerprint density at radius 1 is 1.31 bits per heavy atom. The zero-order chi connectivity index (χ0) is 9.26. The molecule has 0 amide bonds. The average Bonchev–Trinajstić information content (AvgIpc) is 2.16. The van der Waals surface area contributed by atoms with Gasteiger partial charge in [0.2, 0.25) is 5.95 Å². The van der Waals surface area contributed by atoms with Gasteiger partial charge in [0.15, 0.2) is 5.82 Å².